The van der Waals surface area contributed by atoms with Crippen molar-refractivity contribution in [3.63, 3.8) is 0 Å². The zero-order valence-electron chi connectivity index (χ0n) is 10.5. The Bertz CT molecular complexity index is 348. The third-order valence-electron chi connectivity index (χ3n) is 3.45. The summed E-state index contributed by atoms with van der Waals surface area (Å²) in [7, 11) is 0. The molecule has 1 aliphatic heterocycles. The van der Waals surface area contributed by atoms with Crippen LogP contribution >= 0.6 is 11.6 Å². The van der Waals surface area contributed by atoms with Crippen LogP contribution in [0.2, 0.25) is 5.02 Å². The Morgan fingerprint density at radius 1 is 1.29 bits per heavy atom. The maximum Gasteiger partial charge on any atom is 0.0453 e. The molecule has 0 aromatic heterocycles. The summed E-state index contributed by atoms with van der Waals surface area (Å²) in [6.07, 6.45) is 2.72. The Kier molecular flexibility index (Phi) is 4.84. The third kappa shape index (κ3) is 3.70. The quantitative estimate of drug-likeness (QED) is 0.867. The van der Waals surface area contributed by atoms with Crippen molar-refractivity contribution < 1.29 is 0 Å². The van der Waals surface area contributed by atoms with Crippen LogP contribution < -0.4 is 5.32 Å². The molecule has 2 rings (SSSR count). The normalized spacial score (nSPS) is 18.5. The summed E-state index contributed by atoms with van der Waals surface area (Å²) in [5.41, 5.74) is 1.19. The topological polar surface area (TPSA) is 15.3 Å². The number of halogens is 1. The molecule has 17 heavy (non-hydrogen) atoms. The van der Waals surface area contributed by atoms with E-state index in [9.17, 15) is 0 Å². The highest BCUT2D eigenvalue weighted by Crippen LogP contribution is 2.21. The SMILES string of the molecule is CC(NCCN1CCCC1)c1ccccc1Cl. The molecule has 1 unspecified atom stereocenters. The van der Waals surface area contributed by atoms with Gasteiger partial charge in [0.05, 0.1) is 0 Å². The van der Waals surface area contributed by atoms with E-state index in [-0.39, 0.29) is 0 Å². The smallest absolute Gasteiger partial charge is 0.0453 e. The Labute approximate surface area is 109 Å². The van der Waals surface area contributed by atoms with E-state index in [4.69, 9.17) is 11.6 Å². The second kappa shape index (κ2) is 6.39. The molecule has 1 aromatic carbocycles. The fourth-order valence-electron chi connectivity index (χ4n) is 2.38. The number of hydrogen-bond donors (Lipinski definition) is 1. The summed E-state index contributed by atoms with van der Waals surface area (Å²) in [4.78, 5) is 2.52. The minimum atomic E-state index is 0.325. The van der Waals surface area contributed by atoms with E-state index in [2.05, 4.69) is 23.2 Å². The monoisotopic (exact) mass is 252 g/mol. The van der Waals surface area contributed by atoms with Gasteiger partial charge in [0.1, 0.15) is 0 Å². The molecule has 1 fully saturated rings. The summed E-state index contributed by atoms with van der Waals surface area (Å²) in [5, 5.41) is 4.40. The second-order valence-corrected chi connectivity index (χ2v) is 5.15. The van der Waals surface area contributed by atoms with E-state index >= 15 is 0 Å². The molecule has 0 aliphatic carbocycles. The molecule has 2 nitrogen and oxygen atoms in total. The van der Waals surface area contributed by atoms with E-state index in [1.807, 2.05) is 18.2 Å². The number of nitrogens with one attached hydrogen (secondary N) is 1. The summed E-state index contributed by atoms with van der Waals surface area (Å²) in [6.45, 7) is 6.89. The van der Waals surface area contributed by atoms with E-state index in [1.165, 1.54) is 31.5 Å². The van der Waals surface area contributed by atoms with Gasteiger partial charge in [-0.15, -0.1) is 0 Å². The molecular formula is C14H21ClN2. The first-order valence-corrected chi connectivity index (χ1v) is 6.85. The lowest BCUT2D eigenvalue weighted by atomic mass is 10.1. The molecule has 1 saturated heterocycles. The van der Waals surface area contributed by atoms with Gasteiger partial charge in [-0.05, 0) is 44.5 Å². The first-order valence-electron chi connectivity index (χ1n) is 6.47. The van der Waals surface area contributed by atoms with Crippen LogP contribution in [0.1, 0.15) is 31.4 Å². The summed E-state index contributed by atoms with van der Waals surface area (Å²) in [5.74, 6) is 0. The average molecular weight is 253 g/mol. The Hall–Kier alpha value is -0.570. The van der Waals surface area contributed by atoms with Crippen molar-refractivity contribution in [3.05, 3.63) is 34.9 Å². The van der Waals surface area contributed by atoms with Crippen molar-refractivity contribution in [2.24, 2.45) is 0 Å². The van der Waals surface area contributed by atoms with Crippen LogP contribution in [0.25, 0.3) is 0 Å². The molecule has 1 atom stereocenters. The van der Waals surface area contributed by atoms with Crippen LogP contribution in [0, 0.1) is 0 Å². The Morgan fingerprint density at radius 3 is 2.71 bits per heavy atom. The first kappa shape index (κ1) is 12.9. The summed E-state index contributed by atoms with van der Waals surface area (Å²) in [6, 6.07) is 8.39. The van der Waals surface area contributed by atoms with E-state index in [0.29, 0.717) is 6.04 Å². The number of likely N-dealkylation sites (tertiary alicyclic amines) is 1. The minimum absolute atomic E-state index is 0.325. The lowest BCUT2D eigenvalue weighted by Gasteiger charge is -2.19. The van der Waals surface area contributed by atoms with E-state index < -0.39 is 0 Å². The predicted octanol–water partition coefficient (Wildman–Crippen LogP) is 3.09. The highest BCUT2D eigenvalue weighted by molar-refractivity contribution is 6.31. The summed E-state index contributed by atoms with van der Waals surface area (Å²) < 4.78 is 0. The van der Waals surface area contributed by atoms with Gasteiger partial charge in [-0.25, -0.2) is 0 Å². The lowest BCUT2D eigenvalue weighted by molar-refractivity contribution is 0.330. The van der Waals surface area contributed by atoms with Crippen LogP contribution in [0.15, 0.2) is 24.3 Å². The van der Waals surface area contributed by atoms with Crippen molar-refractivity contribution in [2.75, 3.05) is 26.2 Å². The average Bonchev–Trinajstić information content (AvgIpc) is 2.82. The maximum absolute atomic E-state index is 6.17. The van der Waals surface area contributed by atoms with Gasteiger partial charge in [-0.3, -0.25) is 0 Å². The van der Waals surface area contributed by atoms with Crippen molar-refractivity contribution in [1.29, 1.82) is 0 Å². The molecular weight excluding hydrogens is 232 g/mol. The third-order valence-corrected chi connectivity index (χ3v) is 3.79. The fraction of sp³-hybridized carbons (Fsp3) is 0.571. The van der Waals surface area contributed by atoms with Crippen LogP contribution in [-0.2, 0) is 0 Å². The van der Waals surface area contributed by atoms with Crippen LogP contribution in [-0.4, -0.2) is 31.1 Å². The lowest BCUT2D eigenvalue weighted by Crippen LogP contribution is -2.31. The van der Waals surface area contributed by atoms with Gasteiger partial charge < -0.3 is 10.2 Å². The zero-order chi connectivity index (χ0) is 12.1. The van der Waals surface area contributed by atoms with Gasteiger partial charge in [-0.2, -0.15) is 0 Å². The number of rotatable bonds is 5. The molecule has 1 aliphatic rings. The first-order chi connectivity index (χ1) is 8.27. The highest BCUT2D eigenvalue weighted by Gasteiger charge is 2.12. The number of nitrogens with zero attached hydrogens (tertiary/aromatic N) is 1. The Morgan fingerprint density at radius 2 is 2.00 bits per heavy atom. The largest absolute Gasteiger partial charge is 0.309 e. The standard InChI is InChI=1S/C14H21ClN2/c1-12(13-6-2-3-7-14(13)15)16-8-11-17-9-4-5-10-17/h2-3,6-7,12,16H,4-5,8-11H2,1H3. The molecule has 0 radical (unpaired) electrons. The molecule has 94 valence electrons. The van der Waals surface area contributed by atoms with Crippen LogP contribution in [0.5, 0.6) is 0 Å². The number of benzene rings is 1. The van der Waals surface area contributed by atoms with Gasteiger partial charge >= 0.3 is 0 Å². The highest BCUT2D eigenvalue weighted by atomic mass is 35.5. The van der Waals surface area contributed by atoms with Gasteiger partial charge in [0.15, 0.2) is 0 Å². The maximum atomic E-state index is 6.17. The zero-order valence-corrected chi connectivity index (χ0v) is 11.2. The number of hydrogen-bond acceptors (Lipinski definition) is 2. The summed E-state index contributed by atoms with van der Waals surface area (Å²) >= 11 is 6.17. The molecule has 1 N–H and O–H groups in total. The molecule has 0 amide bonds. The molecule has 1 aromatic rings. The van der Waals surface area contributed by atoms with Gasteiger partial charge in [0, 0.05) is 24.2 Å². The molecule has 1 heterocycles. The van der Waals surface area contributed by atoms with Gasteiger partial charge in [0.25, 0.3) is 0 Å². The van der Waals surface area contributed by atoms with E-state index in [1.54, 1.807) is 0 Å². The van der Waals surface area contributed by atoms with Crippen molar-refractivity contribution in [3.8, 4) is 0 Å². The fourth-order valence-corrected chi connectivity index (χ4v) is 2.68. The van der Waals surface area contributed by atoms with Crippen LogP contribution in [0.4, 0.5) is 0 Å². The molecule has 0 bridgehead atoms. The molecule has 0 spiro atoms. The Balaban J connectivity index is 1.77. The minimum Gasteiger partial charge on any atom is -0.309 e. The van der Waals surface area contributed by atoms with Gasteiger partial charge in [-0.1, -0.05) is 29.8 Å². The van der Waals surface area contributed by atoms with Gasteiger partial charge in [0.2, 0.25) is 0 Å². The van der Waals surface area contributed by atoms with Crippen LogP contribution in [0.3, 0.4) is 0 Å². The molecule has 0 saturated carbocycles. The second-order valence-electron chi connectivity index (χ2n) is 4.75. The van der Waals surface area contributed by atoms with Crippen molar-refractivity contribution >= 4 is 11.6 Å². The van der Waals surface area contributed by atoms with Crippen molar-refractivity contribution in [1.82, 2.24) is 10.2 Å². The van der Waals surface area contributed by atoms with E-state index in [0.717, 1.165) is 18.1 Å². The molecule has 3 heteroatoms. The van der Waals surface area contributed by atoms with Crippen molar-refractivity contribution in [2.45, 2.75) is 25.8 Å². The predicted molar refractivity (Wildman–Crippen MR) is 73.5 cm³/mol.